The summed E-state index contributed by atoms with van der Waals surface area (Å²) >= 11 is 5.94. The van der Waals surface area contributed by atoms with Gasteiger partial charge in [-0.3, -0.25) is 4.79 Å². The second-order valence-corrected chi connectivity index (χ2v) is 5.45. The normalized spacial score (nSPS) is 13.5. The molecule has 3 rings (SSSR count). The van der Waals surface area contributed by atoms with Crippen LogP contribution < -0.4 is 15.8 Å². The van der Waals surface area contributed by atoms with Crippen LogP contribution in [0.4, 0.5) is 11.4 Å². The molecule has 2 aromatic rings. The van der Waals surface area contributed by atoms with Crippen LogP contribution in [0.15, 0.2) is 36.4 Å². The molecule has 0 fully saturated rings. The van der Waals surface area contributed by atoms with Gasteiger partial charge in [0, 0.05) is 23.2 Å². The maximum absolute atomic E-state index is 11.4. The van der Waals surface area contributed by atoms with Crippen molar-refractivity contribution in [2.45, 2.75) is 19.4 Å². The van der Waals surface area contributed by atoms with Crippen molar-refractivity contribution in [1.29, 1.82) is 0 Å². The van der Waals surface area contributed by atoms with E-state index in [1.165, 1.54) is 0 Å². The molecule has 0 bridgehead atoms. The zero-order valence-corrected chi connectivity index (χ0v) is 12.1. The number of benzene rings is 2. The average molecular weight is 303 g/mol. The maximum Gasteiger partial charge on any atom is 0.224 e. The number of rotatable bonds is 3. The van der Waals surface area contributed by atoms with Gasteiger partial charge >= 0.3 is 0 Å². The molecule has 0 unspecified atom stereocenters. The van der Waals surface area contributed by atoms with E-state index < -0.39 is 0 Å². The number of aryl methyl sites for hydroxylation is 1. The Labute approximate surface area is 127 Å². The zero-order chi connectivity index (χ0) is 14.8. The Kier molecular flexibility index (Phi) is 3.71. The highest BCUT2D eigenvalue weighted by atomic mass is 35.5. The molecule has 0 saturated carbocycles. The zero-order valence-electron chi connectivity index (χ0n) is 11.4. The number of fused-ring (bicyclic) bond motifs is 1. The van der Waals surface area contributed by atoms with Crippen LogP contribution in [-0.4, -0.2) is 5.91 Å². The van der Waals surface area contributed by atoms with Crippen LogP contribution >= 0.6 is 11.6 Å². The van der Waals surface area contributed by atoms with Crippen LogP contribution in [0.25, 0.3) is 0 Å². The van der Waals surface area contributed by atoms with Crippen molar-refractivity contribution in [2.24, 2.45) is 0 Å². The van der Waals surface area contributed by atoms with Crippen molar-refractivity contribution >= 4 is 28.9 Å². The van der Waals surface area contributed by atoms with E-state index >= 15 is 0 Å². The van der Waals surface area contributed by atoms with E-state index in [0.717, 1.165) is 16.8 Å². The van der Waals surface area contributed by atoms with Crippen molar-refractivity contribution in [3.8, 4) is 5.75 Å². The first-order valence-electron chi connectivity index (χ1n) is 6.71. The summed E-state index contributed by atoms with van der Waals surface area (Å²) in [4.78, 5) is 11.4. The molecule has 1 aliphatic rings. The maximum atomic E-state index is 11.4. The van der Waals surface area contributed by atoms with Gasteiger partial charge in [-0.15, -0.1) is 0 Å². The molecule has 0 atom stereocenters. The van der Waals surface area contributed by atoms with E-state index in [9.17, 15) is 4.79 Å². The summed E-state index contributed by atoms with van der Waals surface area (Å²) in [5, 5.41) is 3.51. The van der Waals surface area contributed by atoms with Crippen LogP contribution in [0, 0.1) is 0 Å². The number of nitrogens with two attached hydrogens (primary N) is 1. The number of carbonyl (C=O) groups is 1. The van der Waals surface area contributed by atoms with Crippen molar-refractivity contribution in [2.75, 3.05) is 11.1 Å². The molecule has 0 aromatic heterocycles. The predicted molar refractivity (Wildman–Crippen MR) is 83.6 cm³/mol. The van der Waals surface area contributed by atoms with Crippen LogP contribution in [0.3, 0.4) is 0 Å². The molecular formula is C16H15ClN2O2. The number of hydrogen-bond donors (Lipinski definition) is 2. The number of amides is 1. The van der Waals surface area contributed by atoms with Crippen LogP contribution in [0.2, 0.25) is 5.02 Å². The van der Waals surface area contributed by atoms with Crippen LogP contribution in [-0.2, 0) is 17.8 Å². The Hall–Kier alpha value is -2.20. The summed E-state index contributed by atoms with van der Waals surface area (Å²) in [5.74, 6) is 0.587. The minimum absolute atomic E-state index is 0.0214. The Morgan fingerprint density at radius 1 is 1.24 bits per heavy atom. The predicted octanol–water partition coefficient (Wildman–Crippen LogP) is 3.39. The van der Waals surface area contributed by atoms with Gasteiger partial charge in [0.1, 0.15) is 12.4 Å². The molecule has 0 aliphatic carbocycles. The minimum atomic E-state index is 0.0214. The topological polar surface area (TPSA) is 64.3 Å². The molecule has 21 heavy (non-hydrogen) atoms. The summed E-state index contributed by atoms with van der Waals surface area (Å²) < 4.78 is 5.74. The lowest BCUT2D eigenvalue weighted by Crippen LogP contribution is -2.19. The second kappa shape index (κ2) is 5.66. The third-order valence-electron chi connectivity index (χ3n) is 3.41. The Balaban J connectivity index is 1.79. The van der Waals surface area contributed by atoms with Crippen LogP contribution in [0.1, 0.15) is 17.5 Å². The molecule has 1 heterocycles. The molecule has 0 spiro atoms. The van der Waals surface area contributed by atoms with Gasteiger partial charge in [-0.05, 0) is 35.7 Å². The monoisotopic (exact) mass is 302 g/mol. The Morgan fingerprint density at radius 3 is 2.90 bits per heavy atom. The van der Waals surface area contributed by atoms with Crippen molar-refractivity contribution < 1.29 is 9.53 Å². The van der Waals surface area contributed by atoms with Crippen LogP contribution in [0.5, 0.6) is 5.75 Å². The van der Waals surface area contributed by atoms with Gasteiger partial charge in [-0.2, -0.15) is 0 Å². The quantitative estimate of drug-likeness (QED) is 0.854. The van der Waals surface area contributed by atoms with Gasteiger partial charge < -0.3 is 15.8 Å². The molecular weight excluding hydrogens is 288 g/mol. The third kappa shape index (κ3) is 3.11. The number of ether oxygens (including phenoxy) is 1. The minimum Gasteiger partial charge on any atom is -0.487 e. The first kappa shape index (κ1) is 13.8. The van der Waals surface area contributed by atoms with E-state index in [0.29, 0.717) is 35.9 Å². The standard InChI is InChI=1S/C16H15ClN2O2/c17-12-3-1-2-10(6-12)9-21-15-8-14-11(7-13(15)18)4-5-16(20)19-14/h1-3,6-8H,4-5,9,18H2,(H,19,20). The van der Waals surface area contributed by atoms with E-state index in [2.05, 4.69) is 5.32 Å². The summed E-state index contributed by atoms with van der Waals surface area (Å²) in [7, 11) is 0. The molecule has 2 aromatic carbocycles. The third-order valence-corrected chi connectivity index (χ3v) is 3.65. The molecule has 4 nitrogen and oxygen atoms in total. The SMILES string of the molecule is Nc1cc2c(cc1OCc1cccc(Cl)c1)NC(=O)CC2. The number of nitrogen functional groups attached to an aromatic ring is 1. The van der Waals surface area contributed by atoms with Gasteiger partial charge in [0.05, 0.1) is 5.69 Å². The summed E-state index contributed by atoms with van der Waals surface area (Å²) in [5.41, 5.74) is 9.37. The van der Waals surface area contributed by atoms with Gasteiger partial charge in [0.25, 0.3) is 0 Å². The molecule has 0 saturated heterocycles. The molecule has 1 aliphatic heterocycles. The summed E-state index contributed by atoms with van der Waals surface area (Å²) in [6.45, 7) is 0.373. The van der Waals surface area contributed by atoms with Crippen molar-refractivity contribution in [3.05, 3.63) is 52.5 Å². The van der Waals surface area contributed by atoms with E-state index in [4.69, 9.17) is 22.1 Å². The molecule has 0 radical (unpaired) electrons. The number of carbonyl (C=O) groups excluding carboxylic acids is 1. The summed E-state index contributed by atoms with van der Waals surface area (Å²) in [6.07, 6.45) is 1.20. The highest BCUT2D eigenvalue weighted by molar-refractivity contribution is 6.30. The van der Waals surface area contributed by atoms with E-state index in [1.54, 1.807) is 6.07 Å². The average Bonchev–Trinajstić information content (AvgIpc) is 2.45. The Bertz CT molecular complexity index is 701. The van der Waals surface area contributed by atoms with Gasteiger partial charge in [0.2, 0.25) is 5.91 Å². The lowest BCUT2D eigenvalue weighted by atomic mass is 10.0. The van der Waals surface area contributed by atoms with Gasteiger partial charge in [0.15, 0.2) is 0 Å². The largest absolute Gasteiger partial charge is 0.487 e. The number of anilines is 2. The number of nitrogens with one attached hydrogen (secondary N) is 1. The summed E-state index contributed by atoms with van der Waals surface area (Å²) in [6, 6.07) is 11.1. The molecule has 108 valence electrons. The fourth-order valence-corrected chi connectivity index (χ4v) is 2.55. The highest BCUT2D eigenvalue weighted by Gasteiger charge is 2.17. The molecule has 5 heteroatoms. The van der Waals surface area contributed by atoms with Gasteiger partial charge in [-0.25, -0.2) is 0 Å². The lowest BCUT2D eigenvalue weighted by molar-refractivity contribution is -0.116. The number of hydrogen-bond acceptors (Lipinski definition) is 3. The second-order valence-electron chi connectivity index (χ2n) is 5.01. The van der Waals surface area contributed by atoms with Gasteiger partial charge in [-0.1, -0.05) is 23.7 Å². The first-order valence-corrected chi connectivity index (χ1v) is 7.09. The van der Waals surface area contributed by atoms with E-state index in [1.807, 2.05) is 30.3 Å². The van der Waals surface area contributed by atoms with Crippen molar-refractivity contribution in [3.63, 3.8) is 0 Å². The van der Waals surface area contributed by atoms with E-state index in [-0.39, 0.29) is 5.91 Å². The smallest absolute Gasteiger partial charge is 0.224 e. The fourth-order valence-electron chi connectivity index (χ4n) is 2.34. The number of halogens is 1. The molecule has 3 N–H and O–H groups in total. The van der Waals surface area contributed by atoms with Crippen molar-refractivity contribution in [1.82, 2.24) is 0 Å². The Morgan fingerprint density at radius 2 is 2.10 bits per heavy atom. The fraction of sp³-hybridized carbons (Fsp3) is 0.188. The highest BCUT2D eigenvalue weighted by Crippen LogP contribution is 2.33. The lowest BCUT2D eigenvalue weighted by Gasteiger charge is -2.19. The first-order chi connectivity index (χ1) is 10.1. The molecule has 1 amide bonds.